The monoisotopic (exact) mass is 342 g/mol. The van der Waals surface area contributed by atoms with Crippen molar-refractivity contribution in [3.63, 3.8) is 0 Å². The zero-order valence-corrected chi connectivity index (χ0v) is 14.1. The molecule has 3 N–H and O–H groups in total. The molecular weight excluding hydrogens is 316 g/mol. The van der Waals surface area contributed by atoms with Crippen LogP contribution in [0.3, 0.4) is 0 Å². The van der Waals surface area contributed by atoms with Crippen LogP contribution in [0.25, 0.3) is 0 Å². The third-order valence-corrected chi connectivity index (χ3v) is 4.95. The lowest BCUT2D eigenvalue weighted by Crippen LogP contribution is -2.67. The molecule has 3 fully saturated rings. The normalized spacial score (nSPS) is 36.5. The highest BCUT2D eigenvalue weighted by Crippen LogP contribution is 2.31. The molecule has 24 heavy (non-hydrogen) atoms. The van der Waals surface area contributed by atoms with Crippen molar-refractivity contribution in [2.24, 2.45) is 0 Å². The van der Waals surface area contributed by atoms with Crippen molar-refractivity contribution >= 4 is 11.9 Å². The van der Waals surface area contributed by atoms with Gasteiger partial charge in [-0.1, -0.05) is 0 Å². The highest BCUT2D eigenvalue weighted by atomic mass is 16.7. The third kappa shape index (κ3) is 3.34. The highest BCUT2D eigenvalue weighted by molar-refractivity contribution is 5.74. The first-order chi connectivity index (χ1) is 11.5. The van der Waals surface area contributed by atoms with Crippen LogP contribution in [0, 0.1) is 0 Å². The van der Waals surface area contributed by atoms with E-state index in [4.69, 9.17) is 9.47 Å². The predicted molar refractivity (Wildman–Crippen MR) is 84.2 cm³/mol. The van der Waals surface area contributed by atoms with Crippen molar-refractivity contribution in [3.05, 3.63) is 0 Å². The molecule has 3 rings (SSSR count). The Labute approximate surface area is 141 Å². The number of urea groups is 1. The molecule has 0 saturated carbocycles. The van der Waals surface area contributed by atoms with E-state index in [1.165, 1.54) is 0 Å². The number of aliphatic hydroxyl groups is 1. The Balaban J connectivity index is 1.67. The van der Waals surface area contributed by atoms with Crippen LogP contribution >= 0.6 is 0 Å². The van der Waals surface area contributed by atoms with Crippen LogP contribution in [0.15, 0.2) is 0 Å². The van der Waals surface area contributed by atoms with Crippen LogP contribution in [0.2, 0.25) is 0 Å². The molecule has 9 nitrogen and oxygen atoms in total. The molecule has 0 aliphatic carbocycles. The van der Waals surface area contributed by atoms with Gasteiger partial charge in [0.1, 0.15) is 6.10 Å². The topological polar surface area (TPSA) is 103 Å². The van der Waals surface area contributed by atoms with Crippen LogP contribution in [-0.2, 0) is 14.3 Å². The number of rotatable bonds is 3. The molecular formula is C15H26N4O5. The Morgan fingerprint density at radius 3 is 2.58 bits per heavy atom. The lowest BCUT2D eigenvalue weighted by atomic mass is 9.94. The zero-order chi connectivity index (χ0) is 17.3. The van der Waals surface area contributed by atoms with Crippen molar-refractivity contribution in [1.82, 2.24) is 20.4 Å². The standard InChI is InChI=1S/C15H26N4O5/c1-3-16-15(22)17-11-10-8-23-14(24-10)12(13(11)21)19-6-4-18(5-7-19)9(2)20/h10-14,21H,3-8H2,1-2H3,(H2,16,17,22)/t10-,11-,12-,13+,14-/m1/s1. The van der Waals surface area contributed by atoms with Crippen LogP contribution in [0.5, 0.6) is 0 Å². The number of carbonyl (C=O) groups excluding carboxylic acids is 2. The molecule has 0 aromatic carbocycles. The minimum Gasteiger partial charge on any atom is -0.389 e. The Morgan fingerprint density at radius 1 is 1.25 bits per heavy atom. The zero-order valence-electron chi connectivity index (χ0n) is 14.1. The SMILES string of the molecule is CCNC(=O)N[C@H]1[C@H](O)[C@@H](N2CCN(C(C)=O)CC2)[C@@H]2OC[C@H]1O2. The number of hydrogen-bond donors (Lipinski definition) is 3. The van der Waals surface area contributed by atoms with E-state index < -0.39 is 18.4 Å². The van der Waals surface area contributed by atoms with Crippen LogP contribution in [0.4, 0.5) is 4.79 Å². The molecule has 9 heteroatoms. The van der Waals surface area contributed by atoms with E-state index in [1.54, 1.807) is 11.8 Å². The molecule has 3 aliphatic rings. The maximum Gasteiger partial charge on any atom is 0.315 e. The minimum absolute atomic E-state index is 0.0584. The summed E-state index contributed by atoms with van der Waals surface area (Å²) >= 11 is 0. The number of nitrogens with one attached hydrogen (secondary N) is 2. The molecule has 3 saturated heterocycles. The van der Waals surface area contributed by atoms with Crippen LogP contribution < -0.4 is 10.6 Å². The summed E-state index contributed by atoms with van der Waals surface area (Å²) < 4.78 is 11.5. The average Bonchev–Trinajstić information content (AvgIpc) is 2.98. The fraction of sp³-hybridized carbons (Fsp3) is 0.867. The predicted octanol–water partition coefficient (Wildman–Crippen LogP) is -1.68. The van der Waals surface area contributed by atoms with Gasteiger partial charge in [-0.3, -0.25) is 9.69 Å². The number of fused-ring (bicyclic) bond motifs is 2. The molecule has 0 aromatic heterocycles. The Hall–Kier alpha value is -1.42. The summed E-state index contributed by atoms with van der Waals surface area (Å²) in [6.45, 7) is 6.77. The van der Waals surface area contributed by atoms with Gasteiger partial charge < -0.3 is 30.1 Å². The van der Waals surface area contributed by atoms with Gasteiger partial charge in [0.05, 0.1) is 24.8 Å². The summed E-state index contributed by atoms with van der Waals surface area (Å²) in [6, 6.07) is -1.20. The largest absolute Gasteiger partial charge is 0.389 e. The molecule has 0 aromatic rings. The molecule has 5 atom stereocenters. The molecule has 0 spiro atoms. The number of hydrogen-bond acceptors (Lipinski definition) is 6. The fourth-order valence-corrected chi connectivity index (χ4v) is 3.67. The van der Waals surface area contributed by atoms with E-state index in [-0.39, 0.29) is 24.1 Å². The Kier molecular flexibility index (Phi) is 5.24. The summed E-state index contributed by atoms with van der Waals surface area (Å²) in [6.07, 6.45) is -1.63. The lowest BCUT2D eigenvalue weighted by Gasteiger charge is -2.46. The summed E-state index contributed by atoms with van der Waals surface area (Å²) in [5, 5.41) is 16.3. The molecule has 3 aliphatic heterocycles. The summed E-state index contributed by atoms with van der Waals surface area (Å²) in [4.78, 5) is 27.2. The first-order valence-corrected chi connectivity index (χ1v) is 8.50. The maximum absolute atomic E-state index is 11.8. The Morgan fingerprint density at radius 2 is 1.96 bits per heavy atom. The van der Waals surface area contributed by atoms with E-state index >= 15 is 0 Å². The maximum atomic E-state index is 11.8. The number of nitrogens with zero attached hydrogens (tertiary/aromatic N) is 2. The van der Waals surface area contributed by atoms with E-state index in [0.29, 0.717) is 39.3 Å². The molecule has 3 heterocycles. The van der Waals surface area contributed by atoms with Crippen LogP contribution in [-0.4, -0.2) is 96.8 Å². The van der Waals surface area contributed by atoms with Gasteiger partial charge in [-0.05, 0) is 6.92 Å². The van der Waals surface area contributed by atoms with E-state index in [0.717, 1.165) is 0 Å². The molecule has 0 radical (unpaired) electrons. The second-order valence-corrected chi connectivity index (χ2v) is 6.43. The molecule has 136 valence electrons. The summed E-state index contributed by atoms with van der Waals surface area (Å²) in [5.41, 5.74) is 0. The van der Waals surface area contributed by atoms with Crippen molar-refractivity contribution < 1.29 is 24.2 Å². The van der Waals surface area contributed by atoms with Crippen molar-refractivity contribution in [2.75, 3.05) is 39.3 Å². The number of ether oxygens (including phenoxy) is 2. The Bertz CT molecular complexity index is 482. The van der Waals surface area contributed by atoms with Gasteiger partial charge in [-0.2, -0.15) is 0 Å². The van der Waals surface area contributed by atoms with Crippen molar-refractivity contribution in [2.45, 2.75) is 44.4 Å². The van der Waals surface area contributed by atoms with Gasteiger partial charge in [0.2, 0.25) is 5.91 Å². The molecule has 0 unspecified atom stereocenters. The van der Waals surface area contributed by atoms with Crippen LogP contribution in [0.1, 0.15) is 13.8 Å². The lowest BCUT2D eigenvalue weighted by molar-refractivity contribution is -0.185. The van der Waals surface area contributed by atoms with Gasteiger partial charge in [0.15, 0.2) is 6.29 Å². The summed E-state index contributed by atoms with van der Waals surface area (Å²) in [5.74, 6) is 0.0584. The van der Waals surface area contributed by atoms with Gasteiger partial charge in [0, 0.05) is 39.6 Å². The van der Waals surface area contributed by atoms with Gasteiger partial charge in [-0.15, -0.1) is 0 Å². The van der Waals surface area contributed by atoms with Gasteiger partial charge >= 0.3 is 6.03 Å². The van der Waals surface area contributed by atoms with E-state index in [9.17, 15) is 14.7 Å². The second kappa shape index (κ2) is 7.22. The van der Waals surface area contributed by atoms with Crippen molar-refractivity contribution in [1.29, 1.82) is 0 Å². The number of aliphatic hydroxyl groups excluding tert-OH is 1. The van der Waals surface area contributed by atoms with Crippen molar-refractivity contribution in [3.8, 4) is 0 Å². The number of carbonyl (C=O) groups is 2. The smallest absolute Gasteiger partial charge is 0.315 e. The second-order valence-electron chi connectivity index (χ2n) is 6.43. The first kappa shape index (κ1) is 17.4. The quantitative estimate of drug-likeness (QED) is 0.566. The average molecular weight is 342 g/mol. The summed E-state index contributed by atoms with van der Waals surface area (Å²) in [7, 11) is 0. The van der Waals surface area contributed by atoms with E-state index in [2.05, 4.69) is 15.5 Å². The molecule has 2 bridgehead atoms. The highest BCUT2D eigenvalue weighted by Gasteiger charge is 2.52. The fourth-order valence-electron chi connectivity index (χ4n) is 3.67. The van der Waals surface area contributed by atoms with Gasteiger partial charge in [0.25, 0.3) is 0 Å². The van der Waals surface area contributed by atoms with E-state index in [1.807, 2.05) is 6.92 Å². The molecule has 3 amide bonds. The van der Waals surface area contributed by atoms with Gasteiger partial charge in [-0.25, -0.2) is 4.79 Å². The first-order valence-electron chi connectivity index (χ1n) is 8.50. The number of piperazine rings is 1. The number of amides is 3. The third-order valence-electron chi connectivity index (χ3n) is 4.95. The minimum atomic E-state index is -0.789.